The molecule has 55 heavy (non-hydrogen) atoms. The Kier molecular flexibility index (Phi) is 14.9. The van der Waals surface area contributed by atoms with E-state index in [9.17, 15) is 4.79 Å². The standard InChI is InChI=1S/C43H63N5O5Si2/c1-10-52-32(3)40-41(35-19-17-33(18-20-35)27-39(49)53-11-2)46-42-37(36-21-22-38(44-28-36)34-15-13-12-14-16-34)29-45-48(42)43(40)47(30-50-23-25-54(4,5)6)31-51-24-26-55(7,8)9/h12-16,21-22,28-29,33,35H,3,10-11,17-20,23-27,30-31H2,1-2,4-9H3. The maximum Gasteiger partial charge on any atom is 0.306 e. The third kappa shape index (κ3) is 11.8. The fraction of sp³-hybridized carbons (Fsp3) is 0.535. The maximum atomic E-state index is 12.4. The first kappa shape index (κ1) is 42.3. The van der Waals surface area contributed by atoms with Crippen LogP contribution in [0.25, 0.3) is 33.8 Å². The second kappa shape index (κ2) is 19.3. The quantitative estimate of drug-likeness (QED) is 0.0285. The van der Waals surface area contributed by atoms with Crippen molar-refractivity contribution in [2.24, 2.45) is 5.92 Å². The van der Waals surface area contributed by atoms with Gasteiger partial charge in [0.1, 0.15) is 25.0 Å². The van der Waals surface area contributed by atoms with Crippen molar-refractivity contribution in [3.05, 3.63) is 72.7 Å². The molecule has 0 aliphatic heterocycles. The number of nitrogens with zero attached hydrogens (tertiary/aromatic N) is 5. The largest absolute Gasteiger partial charge is 0.494 e. The van der Waals surface area contributed by atoms with E-state index in [0.717, 1.165) is 82.9 Å². The molecule has 1 saturated carbocycles. The van der Waals surface area contributed by atoms with Crippen molar-refractivity contribution in [2.45, 2.75) is 103 Å². The van der Waals surface area contributed by atoms with Crippen LogP contribution in [0.3, 0.4) is 0 Å². The summed E-state index contributed by atoms with van der Waals surface area (Å²) in [6, 6.07) is 16.5. The number of benzene rings is 1. The second-order valence-corrected chi connectivity index (χ2v) is 28.3. The number of hydrogen-bond acceptors (Lipinski definition) is 9. The minimum atomic E-state index is -1.32. The summed E-state index contributed by atoms with van der Waals surface area (Å²) in [6.07, 6.45) is 7.83. The number of fused-ring (bicyclic) bond motifs is 1. The van der Waals surface area contributed by atoms with E-state index in [0.29, 0.717) is 52.1 Å². The Morgan fingerprint density at radius 3 is 2.04 bits per heavy atom. The van der Waals surface area contributed by atoms with E-state index < -0.39 is 16.1 Å². The first-order chi connectivity index (χ1) is 26.3. The van der Waals surface area contributed by atoms with Crippen LogP contribution in [0.15, 0.2) is 61.4 Å². The molecule has 1 aliphatic carbocycles. The van der Waals surface area contributed by atoms with E-state index in [-0.39, 0.29) is 17.8 Å². The summed E-state index contributed by atoms with van der Waals surface area (Å²) in [5.41, 5.74) is 6.28. The van der Waals surface area contributed by atoms with Gasteiger partial charge < -0.3 is 23.8 Å². The molecule has 0 unspecified atom stereocenters. The summed E-state index contributed by atoms with van der Waals surface area (Å²) in [5.74, 6) is 1.64. The van der Waals surface area contributed by atoms with Gasteiger partial charge in [-0.25, -0.2) is 4.98 Å². The van der Waals surface area contributed by atoms with Crippen molar-refractivity contribution in [3.8, 4) is 22.4 Å². The van der Waals surface area contributed by atoms with Gasteiger partial charge in [0.2, 0.25) is 0 Å². The zero-order valence-electron chi connectivity index (χ0n) is 34.5. The number of ether oxygens (including phenoxy) is 4. The lowest BCUT2D eigenvalue weighted by atomic mass is 9.78. The van der Waals surface area contributed by atoms with Gasteiger partial charge >= 0.3 is 5.97 Å². The first-order valence-corrected chi connectivity index (χ1v) is 27.5. The van der Waals surface area contributed by atoms with E-state index in [1.807, 2.05) is 49.0 Å². The number of carbonyl (C=O) groups excluding carboxylic acids is 1. The number of carbonyl (C=O) groups is 1. The van der Waals surface area contributed by atoms with Crippen LogP contribution in [-0.2, 0) is 23.7 Å². The van der Waals surface area contributed by atoms with Gasteiger partial charge in [0.15, 0.2) is 5.65 Å². The molecule has 4 aromatic rings. The number of pyridine rings is 1. The summed E-state index contributed by atoms with van der Waals surface area (Å²) >= 11 is 0. The molecule has 1 fully saturated rings. The first-order valence-electron chi connectivity index (χ1n) is 20.1. The number of esters is 1. The van der Waals surface area contributed by atoms with Gasteiger partial charge in [0.05, 0.1) is 36.4 Å². The van der Waals surface area contributed by atoms with Crippen LogP contribution in [0, 0.1) is 5.92 Å². The molecule has 0 radical (unpaired) electrons. The second-order valence-electron chi connectivity index (χ2n) is 17.1. The molecule has 0 bridgehead atoms. The zero-order chi connectivity index (χ0) is 39.6. The van der Waals surface area contributed by atoms with E-state index in [1.165, 1.54) is 0 Å². The average Bonchev–Trinajstić information content (AvgIpc) is 3.57. The molecule has 0 amide bonds. The normalized spacial score (nSPS) is 16.3. The predicted molar refractivity (Wildman–Crippen MR) is 229 cm³/mol. The van der Waals surface area contributed by atoms with Crippen molar-refractivity contribution < 1.29 is 23.7 Å². The van der Waals surface area contributed by atoms with E-state index >= 15 is 0 Å². The van der Waals surface area contributed by atoms with Crippen LogP contribution in [0.1, 0.15) is 63.1 Å². The minimum Gasteiger partial charge on any atom is -0.494 e. The van der Waals surface area contributed by atoms with Gasteiger partial charge in [-0.3, -0.25) is 9.78 Å². The highest BCUT2D eigenvalue weighted by Crippen LogP contribution is 2.43. The van der Waals surface area contributed by atoms with Crippen molar-refractivity contribution in [3.63, 3.8) is 0 Å². The SMILES string of the molecule is C=C(OCC)c1c(C2CCC(CC(=O)OCC)CC2)nc2c(-c3ccc(-c4ccccc4)nc3)cnn2c1N(COCC[Si](C)(C)C)COCC[Si](C)(C)C. The monoisotopic (exact) mass is 785 g/mol. The van der Waals surface area contributed by atoms with Gasteiger partial charge in [0, 0.05) is 64.6 Å². The molecule has 1 aromatic carbocycles. The number of hydrogen-bond donors (Lipinski definition) is 0. The Balaban J connectivity index is 1.62. The van der Waals surface area contributed by atoms with Crippen LogP contribution in [0.4, 0.5) is 5.82 Å². The Labute approximate surface area is 330 Å². The van der Waals surface area contributed by atoms with Gasteiger partial charge in [0.25, 0.3) is 0 Å². The van der Waals surface area contributed by atoms with Crippen LogP contribution >= 0.6 is 0 Å². The highest BCUT2D eigenvalue weighted by Gasteiger charge is 2.33. The zero-order valence-corrected chi connectivity index (χ0v) is 36.5. The molecule has 298 valence electrons. The van der Waals surface area contributed by atoms with Gasteiger partial charge in [-0.05, 0) is 63.6 Å². The fourth-order valence-corrected chi connectivity index (χ4v) is 8.51. The van der Waals surface area contributed by atoms with E-state index in [1.54, 1.807) is 0 Å². The Bertz CT molecular complexity index is 1820. The minimum absolute atomic E-state index is 0.118. The average molecular weight is 786 g/mol. The highest BCUT2D eigenvalue weighted by atomic mass is 28.3. The molecule has 5 rings (SSSR count). The molecular formula is C43H63N5O5Si2. The number of anilines is 1. The molecule has 3 aromatic heterocycles. The molecule has 0 atom stereocenters. The third-order valence-corrected chi connectivity index (χ3v) is 13.6. The molecule has 0 saturated heterocycles. The summed E-state index contributed by atoms with van der Waals surface area (Å²) in [6.45, 7) is 25.3. The number of rotatable bonds is 20. The van der Waals surface area contributed by atoms with Crippen LogP contribution in [0.5, 0.6) is 0 Å². The molecule has 0 N–H and O–H groups in total. The molecule has 12 heteroatoms. The van der Waals surface area contributed by atoms with E-state index in [4.69, 9.17) is 34.0 Å². The van der Waals surface area contributed by atoms with Crippen molar-refractivity contribution >= 4 is 39.3 Å². The molecule has 1 aliphatic rings. The predicted octanol–water partition coefficient (Wildman–Crippen LogP) is 10.1. The summed E-state index contributed by atoms with van der Waals surface area (Å²) in [5, 5.41) is 5.02. The van der Waals surface area contributed by atoms with Gasteiger partial charge in [-0.15, -0.1) is 0 Å². The topological polar surface area (TPSA) is 100 Å². The lowest BCUT2D eigenvalue weighted by molar-refractivity contribution is -0.144. The molecule has 0 spiro atoms. The Morgan fingerprint density at radius 1 is 0.836 bits per heavy atom. The fourth-order valence-electron chi connectivity index (χ4n) is 6.99. The van der Waals surface area contributed by atoms with Crippen molar-refractivity contribution in [2.75, 3.05) is 44.8 Å². The van der Waals surface area contributed by atoms with Crippen molar-refractivity contribution in [1.29, 1.82) is 0 Å². The van der Waals surface area contributed by atoms with Crippen LogP contribution in [0.2, 0.25) is 51.4 Å². The lowest BCUT2D eigenvalue weighted by Gasteiger charge is -2.32. The molecular weight excluding hydrogens is 723 g/mol. The van der Waals surface area contributed by atoms with Crippen LogP contribution < -0.4 is 4.90 Å². The van der Waals surface area contributed by atoms with Gasteiger partial charge in [-0.2, -0.15) is 9.61 Å². The van der Waals surface area contributed by atoms with Crippen LogP contribution in [-0.4, -0.2) is 81.6 Å². The number of aromatic nitrogens is 4. The van der Waals surface area contributed by atoms with Gasteiger partial charge in [-0.1, -0.05) is 82.3 Å². The highest BCUT2D eigenvalue weighted by molar-refractivity contribution is 6.76. The molecule has 3 heterocycles. The maximum absolute atomic E-state index is 12.4. The smallest absolute Gasteiger partial charge is 0.306 e. The lowest BCUT2D eigenvalue weighted by Crippen LogP contribution is -2.34. The van der Waals surface area contributed by atoms with E-state index in [2.05, 4.69) is 75.0 Å². The Hall–Kier alpha value is -3.85. The summed E-state index contributed by atoms with van der Waals surface area (Å²) in [4.78, 5) is 24.9. The Morgan fingerprint density at radius 2 is 1.47 bits per heavy atom. The van der Waals surface area contributed by atoms with Crippen molar-refractivity contribution in [1.82, 2.24) is 19.6 Å². The summed E-state index contributed by atoms with van der Waals surface area (Å²) in [7, 11) is -2.65. The third-order valence-electron chi connectivity index (χ3n) is 10.2. The summed E-state index contributed by atoms with van der Waals surface area (Å²) < 4.78 is 26.4. The molecule has 10 nitrogen and oxygen atoms in total.